The lowest BCUT2D eigenvalue weighted by Crippen LogP contribution is -2.20. The van der Waals surface area contributed by atoms with Crippen molar-refractivity contribution in [3.8, 4) is 5.75 Å². The smallest absolute Gasteiger partial charge is 0.262 e. The number of anilines is 2. The summed E-state index contributed by atoms with van der Waals surface area (Å²) in [4.78, 5) is 11.7. The predicted molar refractivity (Wildman–Crippen MR) is 77.3 cm³/mol. The SMILES string of the molecule is Nc1ccc(OCC(=O)Nc2ccc(CO)cc2)cc1. The van der Waals surface area contributed by atoms with Gasteiger partial charge in [-0.25, -0.2) is 0 Å². The minimum Gasteiger partial charge on any atom is -0.484 e. The molecule has 0 bridgehead atoms. The Hall–Kier alpha value is -2.53. The minimum atomic E-state index is -0.251. The van der Waals surface area contributed by atoms with Crippen molar-refractivity contribution in [3.05, 3.63) is 54.1 Å². The van der Waals surface area contributed by atoms with E-state index in [2.05, 4.69) is 5.32 Å². The van der Waals surface area contributed by atoms with Gasteiger partial charge in [0, 0.05) is 11.4 Å². The number of carbonyl (C=O) groups is 1. The maximum absolute atomic E-state index is 11.7. The zero-order valence-corrected chi connectivity index (χ0v) is 10.9. The van der Waals surface area contributed by atoms with Crippen molar-refractivity contribution in [1.82, 2.24) is 0 Å². The van der Waals surface area contributed by atoms with Gasteiger partial charge < -0.3 is 20.9 Å². The van der Waals surface area contributed by atoms with E-state index >= 15 is 0 Å². The molecule has 2 rings (SSSR count). The minimum absolute atomic E-state index is 0.0194. The Morgan fingerprint density at radius 2 is 1.75 bits per heavy atom. The average molecular weight is 272 g/mol. The zero-order chi connectivity index (χ0) is 14.4. The summed E-state index contributed by atoms with van der Waals surface area (Å²) < 4.78 is 5.33. The highest BCUT2D eigenvalue weighted by atomic mass is 16.5. The van der Waals surface area contributed by atoms with Gasteiger partial charge in [-0.05, 0) is 42.0 Å². The Kier molecular flexibility index (Phi) is 4.57. The number of nitrogens with two attached hydrogens (primary N) is 1. The highest BCUT2D eigenvalue weighted by molar-refractivity contribution is 5.91. The molecule has 0 fully saturated rings. The first-order valence-electron chi connectivity index (χ1n) is 6.15. The molecule has 104 valence electrons. The number of nitrogen functional groups attached to an aromatic ring is 1. The van der Waals surface area contributed by atoms with E-state index in [1.54, 1.807) is 48.5 Å². The number of aliphatic hydroxyl groups excluding tert-OH is 1. The molecule has 0 heterocycles. The molecular formula is C15H16N2O3. The average Bonchev–Trinajstić information content (AvgIpc) is 2.47. The first-order chi connectivity index (χ1) is 9.67. The molecular weight excluding hydrogens is 256 g/mol. The van der Waals surface area contributed by atoms with Crippen molar-refractivity contribution < 1.29 is 14.6 Å². The Morgan fingerprint density at radius 1 is 1.10 bits per heavy atom. The van der Waals surface area contributed by atoms with E-state index in [1.165, 1.54) is 0 Å². The van der Waals surface area contributed by atoms with Gasteiger partial charge in [0.2, 0.25) is 0 Å². The van der Waals surface area contributed by atoms with Crippen LogP contribution in [0.5, 0.6) is 5.75 Å². The molecule has 0 aliphatic carbocycles. The van der Waals surface area contributed by atoms with Crippen LogP contribution in [0.25, 0.3) is 0 Å². The van der Waals surface area contributed by atoms with Crippen LogP contribution in [0, 0.1) is 0 Å². The molecule has 5 heteroatoms. The van der Waals surface area contributed by atoms with Gasteiger partial charge in [0.15, 0.2) is 6.61 Å². The van der Waals surface area contributed by atoms with Gasteiger partial charge in [0.05, 0.1) is 6.61 Å². The highest BCUT2D eigenvalue weighted by Crippen LogP contribution is 2.13. The van der Waals surface area contributed by atoms with Crippen LogP contribution in [0.15, 0.2) is 48.5 Å². The molecule has 2 aromatic carbocycles. The van der Waals surface area contributed by atoms with Gasteiger partial charge in [-0.15, -0.1) is 0 Å². The molecule has 0 saturated heterocycles. The molecule has 20 heavy (non-hydrogen) atoms. The molecule has 0 spiro atoms. The standard InChI is InChI=1S/C15H16N2O3/c16-12-3-7-14(8-4-12)20-10-15(19)17-13-5-1-11(9-18)2-6-13/h1-8,18H,9-10,16H2,(H,17,19). The van der Waals surface area contributed by atoms with Gasteiger partial charge in [0.1, 0.15) is 5.75 Å². The summed E-state index contributed by atoms with van der Waals surface area (Å²) in [5, 5.41) is 11.6. The van der Waals surface area contributed by atoms with E-state index in [0.29, 0.717) is 17.1 Å². The number of nitrogens with one attached hydrogen (secondary N) is 1. The van der Waals surface area contributed by atoms with Crippen LogP contribution in [-0.2, 0) is 11.4 Å². The molecule has 0 aliphatic heterocycles. The highest BCUT2D eigenvalue weighted by Gasteiger charge is 2.03. The van der Waals surface area contributed by atoms with Crippen molar-refractivity contribution in [3.63, 3.8) is 0 Å². The van der Waals surface area contributed by atoms with Gasteiger partial charge in [-0.1, -0.05) is 12.1 Å². The molecule has 0 radical (unpaired) electrons. The summed E-state index contributed by atoms with van der Waals surface area (Å²) in [5.74, 6) is 0.337. The second-order valence-electron chi connectivity index (χ2n) is 4.26. The second-order valence-corrected chi connectivity index (χ2v) is 4.26. The molecule has 0 atom stereocenters. The van der Waals surface area contributed by atoms with Crippen LogP contribution in [0.3, 0.4) is 0 Å². The van der Waals surface area contributed by atoms with Gasteiger partial charge >= 0.3 is 0 Å². The first kappa shape index (κ1) is 13.9. The summed E-state index contributed by atoms with van der Waals surface area (Å²) in [6.45, 7) is -0.0971. The Labute approximate surface area is 117 Å². The van der Waals surface area contributed by atoms with Crippen molar-refractivity contribution in [2.24, 2.45) is 0 Å². The molecule has 4 N–H and O–H groups in total. The largest absolute Gasteiger partial charge is 0.484 e. The molecule has 0 unspecified atom stereocenters. The summed E-state index contributed by atoms with van der Waals surface area (Å²) in [7, 11) is 0. The monoisotopic (exact) mass is 272 g/mol. The second kappa shape index (κ2) is 6.58. The number of amides is 1. The Morgan fingerprint density at radius 3 is 2.35 bits per heavy atom. The zero-order valence-electron chi connectivity index (χ0n) is 10.9. The lowest BCUT2D eigenvalue weighted by molar-refractivity contribution is -0.118. The maximum atomic E-state index is 11.7. The molecule has 2 aromatic rings. The number of aliphatic hydroxyl groups is 1. The van der Waals surface area contributed by atoms with E-state index in [-0.39, 0.29) is 19.1 Å². The van der Waals surface area contributed by atoms with Gasteiger partial charge in [-0.2, -0.15) is 0 Å². The quantitative estimate of drug-likeness (QED) is 0.724. The normalized spacial score (nSPS) is 10.1. The summed E-state index contributed by atoms with van der Waals surface area (Å²) in [6.07, 6.45) is 0. The Balaban J connectivity index is 1.84. The number of hydrogen-bond acceptors (Lipinski definition) is 4. The van der Waals surface area contributed by atoms with Crippen LogP contribution in [0.4, 0.5) is 11.4 Å². The van der Waals surface area contributed by atoms with Crippen molar-refractivity contribution in [1.29, 1.82) is 0 Å². The Bertz CT molecular complexity index is 565. The molecule has 0 saturated carbocycles. The number of benzene rings is 2. The van der Waals surface area contributed by atoms with Crippen LogP contribution >= 0.6 is 0 Å². The van der Waals surface area contributed by atoms with Crippen molar-refractivity contribution >= 4 is 17.3 Å². The summed E-state index contributed by atoms with van der Waals surface area (Å²) >= 11 is 0. The van der Waals surface area contributed by atoms with Crippen molar-refractivity contribution in [2.75, 3.05) is 17.7 Å². The topological polar surface area (TPSA) is 84.6 Å². The number of ether oxygens (including phenoxy) is 1. The number of rotatable bonds is 5. The lowest BCUT2D eigenvalue weighted by atomic mass is 10.2. The van der Waals surface area contributed by atoms with E-state index in [1.807, 2.05) is 0 Å². The third-order valence-corrected chi connectivity index (χ3v) is 2.67. The van der Waals surface area contributed by atoms with Crippen LogP contribution in [-0.4, -0.2) is 17.6 Å². The van der Waals surface area contributed by atoms with E-state index in [9.17, 15) is 4.79 Å². The van der Waals surface area contributed by atoms with Crippen LogP contribution in [0.1, 0.15) is 5.56 Å². The van der Waals surface area contributed by atoms with Crippen molar-refractivity contribution in [2.45, 2.75) is 6.61 Å². The fraction of sp³-hybridized carbons (Fsp3) is 0.133. The third kappa shape index (κ3) is 4.00. The third-order valence-electron chi connectivity index (χ3n) is 2.67. The van der Waals surface area contributed by atoms with E-state index in [0.717, 1.165) is 5.56 Å². The first-order valence-corrected chi connectivity index (χ1v) is 6.15. The fourth-order valence-electron chi connectivity index (χ4n) is 1.60. The molecule has 0 aromatic heterocycles. The molecule has 5 nitrogen and oxygen atoms in total. The lowest BCUT2D eigenvalue weighted by Gasteiger charge is -2.08. The van der Waals surface area contributed by atoms with Gasteiger partial charge in [-0.3, -0.25) is 4.79 Å². The van der Waals surface area contributed by atoms with Crippen LogP contribution < -0.4 is 15.8 Å². The maximum Gasteiger partial charge on any atom is 0.262 e. The number of carbonyl (C=O) groups excluding carboxylic acids is 1. The number of hydrogen-bond donors (Lipinski definition) is 3. The van der Waals surface area contributed by atoms with Crippen LogP contribution in [0.2, 0.25) is 0 Å². The molecule has 0 aliphatic rings. The molecule has 1 amide bonds. The van der Waals surface area contributed by atoms with E-state index < -0.39 is 0 Å². The summed E-state index contributed by atoms with van der Waals surface area (Å²) in [5.41, 5.74) is 7.65. The van der Waals surface area contributed by atoms with E-state index in [4.69, 9.17) is 15.6 Å². The summed E-state index contributed by atoms with van der Waals surface area (Å²) in [6, 6.07) is 13.8. The van der Waals surface area contributed by atoms with Gasteiger partial charge in [0.25, 0.3) is 5.91 Å². The fourth-order valence-corrected chi connectivity index (χ4v) is 1.60. The predicted octanol–water partition coefficient (Wildman–Crippen LogP) is 1.78.